The highest BCUT2D eigenvalue weighted by Gasteiger charge is 2.23. The smallest absolute Gasteiger partial charge is 0.260 e. The molecule has 1 heterocycles. The van der Waals surface area contributed by atoms with Gasteiger partial charge in [0, 0.05) is 30.8 Å². The van der Waals surface area contributed by atoms with Gasteiger partial charge in [0.15, 0.2) is 16.6 Å². The molecule has 0 radical (unpaired) electrons. The minimum Gasteiger partial charge on any atom is -0.493 e. The van der Waals surface area contributed by atoms with Crippen LogP contribution >= 0.6 is 11.3 Å². The Kier molecular flexibility index (Phi) is 8.57. The molecule has 6 nitrogen and oxygen atoms in total. The Hall–Kier alpha value is -3.42. The molecular weight excluding hydrogens is 470 g/mol. The lowest BCUT2D eigenvalue weighted by atomic mass is 10.0. The van der Waals surface area contributed by atoms with Crippen LogP contribution in [0.15, 0.2) is 66.7 Å². The van der Waals surface area contributed by atoms with Gasteiger partial charge in [-0.15, -0.1) is 0 Å². The molecule has 4 aromatic rings. The topological polar surface area (TPSA) is 54.9 Å². The van der Waals surface area contributed by atoms with Crippen molar-refractivity contribution in [3.63, 3.8) is 0 Å². The van der Waals surface area contributed by atoms with Crippen molar-refractivity contribution in [2.75, 3.05) is 45.3 Å². The maximum atomic E-state index is 13.8. The number of thiazole rings is 1. The highest BCUT2D eigenvalue weighted by atomic mass is 32.1. The molecule has 3 aromatic carbocycles. The average Bonchev–Trinajstić information content (AvgIpc) is 3.33. The van der Waals surface area contributed by atoms with Crippen LogP contribution in [0.1, 0.15) is 35.3 Å². The van der Waals surface area contributed by atoms with Crippen LogP contribution in [-0.2, 0) is 6.42 Å². The number of amides is 1. The largest absolute Gasteiger partial charge is 0.493 e. The molecule has 0 spiro atoms. The van der Waals surface area contributed by atoms with E-state index in [0.29, 0.717) is 28.7 Å². The van der Waals surface area contributed by atoms with E-state index < -0.39 is 0 Å². The average molecular weight is 504 g/mol. The number of hydrogen-bond acceptors (Lipinski definition) is 6. The SMILES string of the molecule is CCN(CC)CCN(C(=O)c1ccc(Cc2ccccc2)cc1)c1nc2cc(OC)c(OC)cc2s1. The Morgan fingerprint density at radius 1 is 0.861 bits per heavy atom. The number of likely N-dealkylation sites (N-methyl/N-ethyl adjacent to an activating group) is 1. The maximum Gasteiger partial charge on any atom is 0.260 e. The van der Waals surface area contributed by atoms with Gasteiger partial charge < -0.3 is 14.4 Å². The van der Waals surface area contributed by atoms with Crippen LogP contribution in [0.4, 0.5) is 5.13 Å². The molecule has 0 saturated carbocycles. The molecule has 0 N–H and O–H groups in total. The number of fused-ring (bicyclic) bond motifs is 1. The predicted molar refractivity (Wildman–Crippen MR) is 148 cm³/mol. The van der Waals surface area contributed by atoms with E-state index in [-0.39, 0.29) is 5.91 Å². The molecule has 188 valence electrons. The third-order valence-corrected chi connectivity index (χ3v) is 7.39. The number of nitrogens with zero attached hydrogens (tertiary/aromatic N) is 3. The summed E-state index contributed by atoms with van der Waals surface area (Å²) in [6.07, 6.45) is 0.836. The van der Waals surface area contributed by atoms with Crippen LogP contribution in [0.25, 0.3) is 10.2 Å². The lowest BCUT2D eigenvalue weighted by Crippen LogP contribution is -2.38. The Morgan fingerprint density at radius 2 is 1.50 bits per heavy atom. The number of hydrogen-bond donors (Lipinski definition) is 0. The number of anilines is 1. The fourth-order valence-corrected chi connectivity index (χ4v) is 5.18. The van der Waals surface area contributed by atoms with Crippen LogP contribution in [0.5, 0.6) is 11.5 Å². The molecule has 0 aliphatic rings. The van der Waals surface area contributed by atoms with E-state index in [9.17, 15) is 4.79 Å². The Bertz CT molecular complexity index is 1240. The number of ether oxygens (including phenoxy) is 2. The number of methoxy groups -OCH3 is 2. The summed E-state index contributed by atoms with van der Waals surface area (Å²) in [5, 5.41) is 0.672. The third kappa shape index (κ3) is 5.86. The zero-order valence-electron chi connectivity index (χ0n) is 21.4. The number of benzene rings is 3. The van der Waals surface area contributed by atoms with Crippen molar-refractivity contribution < 1.29 is 14.3 Å². The monoisotopic (exact) mass is 503 g/mol. The van der Waals surface area contributed by atoms with E-state index in [1.807, 2.05) is 54.6 Å². The van der Waals surface area contributed by atoms with Crippen molar-refractivity contribution in [2.45, 2.75) is 20.3 Å². The highest BCUT2D eigenvalue weighted by Crippen LogP contribution is 2.37. The van der Waals surface area contributed by atoms with Crippen LogP contribution in [0, 0.1) is 0 Å². The van der Waals surface area contributed by atoms with Gasteiger partial charge in [0.25, 0.3) is 5.91 Å². The summed E-state index contributed by atoms with van der Waals surface area (Å²) in [6, 6.07) is 22.0. The number of aromatic nitrogens is 1. The zero-order chi connectivity index (χ0) is 25.5. The van der Waals surface area contributed by atoms with E-state index in [2.05, 4.69) is 30.9 Å². The Balaban J connectivity index is 1.63. The molecule has 1 amide bonds. The Morgan fingerprint density at radius 3 is 2.14 bits per heavy atom. The van der Waals surface area contributed by atoms with Crippen molar-refractivity contribution in [2.24, 2.45) is 0 Å². The number of rotatable bonds is 11. The van der Waals surface area contributed by atoms with E-state index >= 15 is 0 Å². The van der Waals surface area contributed by atoms with Gasteiger partial charge in [0.05, 0.1) is 24.4 Å². The molecule has 0 atom stereocenters. The van der Waals surface area contributed by atoms with Gasteiger partial charge in [-0.3, -0.25) is 9.69 Å². The van der Waals surface area contributed by atoms with Gasteiger partial charge in [-0.05, 0) is 42.8 Å². The molecule has 1 aromatic heterocycles. The number of carbonyl (C=O) groups is 1. The Labute approximate surface area is 217 Å². The first-order chi connectivity index (χ1) is 17.6. The van der Waals surface area contributed by atoms with Crippen LogP contribution in [0.3, 0.4) is 0 Å². The second kappa shape index (κ2) is 12.0. The van der Waals surface area contributed by atoms with Gasteiger partial charge in [0.2, 0.25) is 0 Å². The predicted octanol–water partition coefficient (Wildman–Crippen LogP) is 5.89. The van der Waals surface area contributed by atoms with Gasteiger partial charge in [0.1, 0.15) is 0 Å². The van der Waals surface area contributed by atoms with Gasteiger partial charge in [-0.2, -0.15) is 0 Å². The summed E-state index contributed by atoms with van der Waals surface area (Å²) in [5.41, 5.74) is 3.86. The van der Waals surface area contributed by atoms with Gasteiger partial charge >= 0.3 is 0 Å². The van der Waals surface area contributed by atoms with Gasteiger partial charge in [-0.1, -0.05) is 67.6 Å². The first-order valence-corrected chi connectivity index (χ1v) is 13.1. The molecule has 0 fully saturated rings. The molecule has 0 saturated heterocycles. The summed E-state index contributed by atoms with van der Waals surface area (Å²) in [5.74, 6) is 1.22. The zero-order valence-corrected chi connectivity index (χ0v) is 22.2. The minimum atomic E-state index is -0.0496. The highest BCUT2D eigenvalue weighted by molar-refractivity contribution is 7.22. The molecular formula is C29H33N3O3S. The molecule has 0 aliphatic heterocycles. The minimum absolute atomic E-state index is 0.0496. The van der Waals surface area contributed by atoms with E-state index in [4.69, 9.17) is 14.5 Å². The molecule has 4 rings (SSSR count). The first kappa shape index (κ1) is 25.7. The molecule has 36 heavy (non-hydrogen) atoms. The summed E-state index contributed by atoms with van der Waals surface area (Å²) >= 11 is 1.49. The van der Waals surface area contributed by atoms with E-state index in [1.165, 1.54) is 22.5 Å². The molecule has 0 unspecified atom stereocenters. The maximum absolute atomic E-state index is 13.8. The van der Waals surface area contributed by atoms with E-state index in [0.717, 1.165) is 36.3 Å². The van der Waals surface area contributed by atoms with Crippen LogP contribution in [-0.4, -0.2) is 56.2 Å². The normalized spacial score (nSPS) is 11.1. The summed E-state index contributed by atoms with van der Waals surface area (Å²) in [6.45, 7) is 7.46. The molecule has 0 aliphatic carbocycles. The molecule has 0 bridgehead atoms. The quantitative estimate of drug-likeness (QED) is 0.255. The van der Waals surface area contributed by atoms with E-state index in [1.54, 1.807) is 19.1 Å². The fraction of sp³-hybridized carbons (Fsp3) is 0.310. The van der Waals surface area contributed by atoms with Crippen molar-refractivity contribution in [3.8, 4) is 11.5 Å². The second-order valence-corrected chi connectivity index (χ2v) is 9.52. The van der Waals surface area contributed by atoms with Crippen molar-refractivity contribution >= 4 is 32.6 Å². The summed E-state index contributed by atoms with van der Waals surface area (Å²) in [4.78, 5) is 22.7. The third-order valence-electron chi connectivity index (χ3n) is 6.34. The second-order valence-electron chi connectivity index (χ2n) is 8.51. The molecule has 7 heteroatoms. The van der Waals surface area contributed by atoms with Crippen LogP contribution in [0.2, 0.25) is 0 Å². The standard InChI is InChI=1S/C29H33N3O3S/c1-5-31(6-2)16-17-32(29-30-24-19-25(34-3)26(35-4)20-27(24)36-29)28(33)23-14-12-22(13-15-23)18-21-10-8-7-9-11-21/h7-15,19-20H,5-6,16-18H2,1-4H3. The van der Waals surface area contributed by atoms with Crippen molar-refractivity contribution in [1.82, 2.24) is 9.88 Å². The van der Waals surface area contributed by atoms with Crippen molar-refractivity contribution in [1.29, 1.82) is 0 Å². The lowest BCUT2D eigenvalue weighted by Gasteiger charge is -2.24. The van der Waals surface area contributed by atoms with Gasteiger partial charge in [-0.25, -0.2) is 4.98 Å². The lowest BCUT2D eigenvalue weighted by molar-refractivity contribution is 0.0984. The fourth-order valence-electron chi connectivity index (χ4n) is 4.18. The summed E-state index contributed by atoms with van der Waals surface area (Å²) < 4.78 is 11.9. The number of carbonyl (C=O) groups excluding carboxylic acids is 1. The van der Waals surface area contributed by atoms with Crippen LogP contribution < -0.4 is 14.4 Å². The summed E-state index contributed by atoms with van der Waals surface area (Å²) in [7, 11) is 3.23. The first-order valence-electron chi connectivity index (χ1n) is 12.3. The van der Waals surface area contributed by atoms with Crippen molar-refractivity contribution in [3.05, 3.63) is 83.4 Å².